The van der Waals surface area contributed by atoms with Crippen LogP contribution in [0.5, 0.6) is 0 Å². The predicted octanol–water partition coefficient (Wildman–Crippen LogP) is 3.13. The zero-order chi connectivity index (χ0) is 14.8. The Hall–Kier alpha value is -1.91. The van der Waals surface area contributed by atoms with Crippen molar-refractivity contribution in [3.05, 3.63) is 64.4 Å². The normalized spacial score (nSPS) is 17.1. The van der Waals surface area contributed by atoms with E-state index in [1.165, 1.54) is 23.3 Å². The largest absolute Gasteiger partial charge is 0.325 e. The molecule has 1 aliphatic rings. The van der Waals surface area contributed by atoms with Crippen LogP contribution in [0.25, 0.3) is 0 Å². The maximum atomic E-state index is 13.4. The number of carbonyl (C=O) groups excluding carboxylic acids is 1. The molecule has 2 N–H and O–H groups in total. The zero-order valence-electron chi connectivity index (χ0n) is 11.2. The Morgan fingerprint density at radius 1 is 1.24 bits per heavy atom. The fraction of sp³-hybridized carbons (Fsp3) is 0.188. The van der Waals surface area contributed by atoms with Crippen molar-refractivity contribution >= 4 is 23.2 Å². The molecule has 2 aromatic rings. The summed E-state index contributed by atoms with van der Waals surface area (Å²) in [5.41, 5.74) is 2.78. The van der Waals surface area contributed by atoms with Crippen molar-refractivity contribution in [2.75, 3.05) is 5.32 Å². The molecule has 0 aliphatic carbocycles. The molecule has 108 valence electrons. The highest BCUT2D eigenvalue weighted by Crippen LogP contribution is 2.20. The van der Waals surface area contributed by atoms with E-state index in [2.05, 4.69) is 10.6 Å². The van der Waals surface area contributed by atoms with Gasteiger partial charge in [-0.25, -0.2) is 4.39 Å². The fourth-order valence-electron chi connectivity index (χ4n) is 2.44. The first-order valence-corrected chi connectivity index (χ1v) is 7.07. The van der Waals surface area contributed by atoms with Gasteiger partial charge in [-0.3, -0.25) is 4.79 Å². The first kappa shape index (κ1) is 14.0. The zero-order valence-corrected chi connectivity index (χ0v) is 12.0. The van der Waals surface area contributed by atoms with Gasteiger partial charge in [0.2, 0.25) is 5.91 Å². The number of fused-ring (bicyclic) bond motifs is 1. The maximum Gasteiger partial charge on any atom is 0.241 e. The standard InChI is InChI=1S/C16H14ClFN2O/c17-13-6-5-12(8-14(13)18)20-16(21)15-7-10-3-1-2-4-11(10)9-19-15/h1-6,8,15,19H,7,9H2,(H,20,21)/t15-/m1/s1. The van der Waals surface area contributed by atoms with Gasteiger partial charge in [0.25, 0.3) is 0 Å². The Morgan fingerprint density at radius 3 is 2.76 bits per heavy atom. The highest BCUT2D eigenvalue weighted by atomic mass is 35.5. The van der Waals surface area contributed by atoms with Gasteiger partial charge in [-0.1, -0.05) is 35.9 Å². The smallest absolute Gasteiger partial charge is 0.241 e. The SMILES string of the molecule is O=C(Nc1ccc(Cl)c(F)c1)[C@H]1Cc2ccccc2CN1. The van der Waals surface area contributed by atoms with Crippen LogP contribution < -0.4 is 10.6 Å². The molecule has 0 spiro atoms. The van der Waals surface area contributed by atoms with Crippen molar-refractivity contribution in [3.8, 4) is 0 Å². The number of amides is 1. The summed E-state index contributed by atoms with van der Waals surface area (Å²) in [7, 11) is 0. The van der Waals surface area contributed by atoms with Crippen molar-refractivity contribution in [1.29, 1.82) is 0 Å². The van der Waals surface area contributed by atoms with Crippen LogP contribution in [0.3, 0.4) is 0 Å². The number of hydrogen-bond acceptors (Lipinski definition) is 2. The minimum atomic E-state index is -0.545. The third-order valence-electron chi connectivity index (χ3n) is 3.58. The van der Waals surface area contributed by atoms with Crippen molar-refractivity contribution in [2.45, 2.75) is 19.0 Å². The van der Waals surface area contributed by atoms with Gasteiger partial charge in [-0.15, -0.1) is 0 Å². The summed E-state index contributed by atoms with van der Waals surface area (Å²) in [5, 5.41) is 5.94. The summed E-state index contributed by atoms with van der Waals surface area (Å²) in [6.07, 6.45) is 0.623. The van der Waals surface area contributed by atoms with Gasteiger partial charge in [-0.05, 0) is 35.7 Å². The highest BCUT2D eigenvalue weighted by molar-refractivity contribution is 6.30. The van der Waals surface area contributed by atoms with Crippen molar-refractivity contribution in [1.82, 2.24) is 5.32 Å². The predicted molar refractivity (Wildman–Crippen MR) is 80.8 cm³/mol. The second kappa shape index (κ2) is 5.84. The van der Waals surface area contributed by atoms with Crippen LogP contribution in [-0.2, 0) is 17.8 Å². The third-order valence-corrected chi connectivity index (χ3v) is 3.89. The molecule has 0 saturated heterocycles. The van der Waals surface area contributed by atoms with Gasteiger partial charge in [0.1, 0.15) is 5.82 Å². The van der Waals surface area contributed by atoms with E-state index in [1.807, 2.05) is 24.3 Å². The minimum absolute atomic E-state index is 0.0396. The first-order chi connectivity index (χ1) is 10.1. The lowest BCUT2D eigenvalue weighted by Crippen LogP contribution is -2.44. The average Bonchev–Trinajstić information content (AvgIpc) is 2.50. The molecule has 2 aromatic carbocycles. The van der Waals surface area contributed by atoms with Crippen LogP contribution >= 0.6 is 11.6 Å². The second-order valence-electron chi connectivity index (χ2n) is 5.02. The molecule has 5 heteroatoms. The second-order valence-corrected chi connectivity index (χ2v) is 5.43. The van der Waals surface area contributed by atoms with Gasteiger partial charge in [-0.2, -0.15) is 0 Å². The van der Waals surface area contributed by atoms with Gasteiger partial charge in [0, 0.05) is 12.2 Å². The van der Waals surface area contributed by atoms with E-state index in [1.54, 1.807) is 6.07 Å². The van der Waals surface area contributed by atoms with Crippen LogP contribution in [0.15, 0.2) is 42.5 Å². The number of benzene rings is 2. The summed E-state index contributed by atoms with van der Waals surface area (Å²) < 4.78 is 13.4. The van der Waals surface area contributed by atoms with E-state index in [-0.39, 0.29) is 17.0 Å². The maximum absolute atomic E-state index is 13.4. The molecule has 0 aromatic heterocycles. The molecule has 0 bridgehead atoms. The molecule has 1 amide bonds. The third kappa shape index (κ3) is 3.06. The molecule has 3 rings (SSSR count). The summed E-state index contributed by atoms with van der Waals surface area (Å²) >= 11 is 5.62. The van der Waals surface area contributed by atoms with E-state index in [0.29, 0.717) is 18.7 Å². The van der Waals surface area contributed by atoms with Gasteiger partial charge in [0.15, 0.2) is 0 Å². The molecular formula is C16H14ClFN2O. The molecule has 1 atom stereocenters. The highest BCUT2D eigenvalue weighted by Gasteiger charge is 2.23. The quantitative estimate of drug-likeness (QED) is 0.895. The number of nitrogens with one attached hydrogen (secondary N) is 2. The number of anilines is 1. The van der Waals surface area contributed by atoms with E-state index < -0.39 is 5.82 Å². The van der Waals surface area contributed by atoms with Crippen molar-refractivity contribution in [3.63, 3.8) is 0 Å². The Bertz CT molecular complexity index is 690. The van der Waals surface area contributed by atoms with Gasteiger partial charge in [0.05, 0.1) is 11.1 Å². The lowest BCUT2D eigenvalue weighted by Gasteiger charge is -2.25. The lowest BCUT2D eigenvalue weighted by atomic mass is 9.95. The Morgan fingerprint density at radius 2 is 2.00 bits per heavy atom. The molecule has 1 heterocycles. The van der Waals surface area contributed by atoms with E-state index in [0.717, 1.165) is 0 Å². The molecule has 1 aliphatic heterocycles. The molecular weight excluding hydrogens is 291 g/mol. The molecule has 0 unspecified atom stereocenters. The van der Waals surface area contributed by atoms with Gasteiger partial charge >= 0.3 is 0 Å². The summed E-state index contributed by atoms with van der Waals surface area (Å²) in [6.45, 7) is 0.656. The molecule has 0 fully saturated rings. The van der Waals surface area contributed by atoms with E-state index >= 15 is 0 Å². The van der Waals surface area contributed by atoms with Crippen molar-refractivity contribution < 1.29 is 9.18 Å². The minimum Gasteiger partial charge on any atom is -0.325 e. The lowest BCUT2D eigenvalue weighted by molar-refractivity contribution is -0.118. The summed E-state index contributed by atoms with van der Waals surface area (Å²) in [6, 6.07) is 11.9. The average molecular weight is 305 g/mol. The number of halogens is 2. The number of carbonyl (C=O) groups is 1. The fourth-order valence-corrected chi connectivity index (χ4v) is 2.56. The van der Waals surface area contributed by atoms with Gasteiger partial charge < -0.3 is 10.6 Å². The van der Waals surface area contributed by atoms with Crippen LogP contribution in [0.4, 0.5) is 10.1 Å². The summed E-state index contributed by atoms with van der Waals surface area (Å²) in [5.74, 6) is -0.720. The Labute approximate surface area is 127 Å². The van der Waals surface area contributed by atoms with Crippen LogP contribution in [-0.4, -0.2) is 11.9 Å². The molecule has 0 radical (unpaired) electrons. The first-order valence-electron chi connectivity index (χ1n) is 6.69. The van der Waals surface area contributed by atoms with Crippen LogP contribution in [0.1, 0.15) is 11.1 Å². The van der Waals surface area contributed by atoms with Crippen LogP contribution in [0, 0.1) is 5.82 Å². The van der Waals surface area contributed by atoms with Crippen LogP contribution in [0.2, 0.25) is 5.02 Å². The topological polar surface area (TPSA) is 41.1 Å². The number of rotatable bonds is 2. The Balaban J connectivity index is 1.70. The monoisotopic (exact) mass is 304 g/mol. The molecule has 3 nitrogen and oxygen atoms in total. The molecule has 0 saturated carbocycles. The molecule has 21 heavy (non-hydrogen) atoms. The summed E-state index contributed by atoms with van der Waals surface area (Å²) in [4.78, 5) is 12.2. The van der Waals surface area contributed by atoms with E-state index in [9.17, 15) is 9.18 Å². The van der Waals surface area contributed by atoms with E-state index in [4.69, 9.17) is 11.6 Å². The number of hydrogen-bond donors (Lipinski definition) is 2. The Kier molecular flexibility index (Phi) is 3.90. The van der Waals surface area contributed by atoms with Crippen molar-refractivity contribution in [2.24, 2.45) is 0 Å².